The Bertz CT molecular complexity index is 409. The number of aliphatic carboxylic acids is 1. The number of amides is 2. The van der Waals surface area contributed by atoms with Crippen molar-refractivity contribution in [2.24, 2.45) is 5.92 Å². The number of nitrogens with one attached hydrogen (secondary N) is 2. The Morgan fingerprint density at radius 2 is 2.11 bits per heavy atom. The highest BCUT2D eigenvalue weighted by molar-refractivity contribution is 5.87. The summed E-state index contributed by atoms with van der Waals surface area (Å²) in [6.45, 7) is 3.66. The van der Waals surface area contributed by atoms with Crippen LogP contribution in [0.1, 0.15) is 20.3 Å². The van der Waals surface area contributed by atoms with Crippen molar-refractivity contribution >= 4 is 17.9 Å². The van der Waals surface area contributed by atoms with Crippen LogP contribution < -0.4 is 10.6 Å². The largest absolute Gasteiger partial charge is 0.481 e. The molecule has 8 nitrogen and oxygen atoms in total. The molecule has 98 valence electrons. The fourth-order valence-corrected chi connectivity index (χ4v) is 1.25. The van der Waals surface area contributed by atoms with E-state index >= 15 is 0 Å². The summed E-state index contributed by atoms with van der Waals surface area (Å²) in [5.74, 6) is -0.902. The number of aromatic nitrogens is 3. The van der Waals surface area contributed by atoms with E-state index in [0.717, 1.165) is 0 Å². The highest BCUT2D eigenvalue weighted by atomic mass is 16.4. The van der Waals surface area contributed by atoms with E-state index in [1.54, 1.807) is 0 Å². The average molecular weight is 253 g/mol. The van der Waals surface area contributed by atoms with Crippen molar-refractivity contribution in [2.75, 3.05) is 5.32 Å². The van der Waals surface area contributed by atoms with Gasteiger partial charge in [-0.05, 0) is 5.92 Å². The summed E-state index contributed by atoms with van der Waals surface area (Å²) in [7, 11) is 0. The molecule has 1 heterocycles. The Hall–Kier alpha value is -2.25. The van der Waals surface area contributed by atoms with Gasteiger partial charge >= 0.3 is 12.0 Å². The summed E-state index contributed by atoms with van der Waals surface area (Å²) < 4.78 is 0. The monoisotopic (exact) mass is 253 g/mol. The number of urea groups is 1. The third kappa shape index (κ3) is 4.73. The zero-order chi connectivity index (χ0) is 13.5. The van der Waals surface area contributed by atoms with Crippen molar-refractivity contribution in [3.05, 3.63) is 12.4 Å². The summed E-state index contributed by atoms with van der Waals surface area (Å²) in [6.07, 6.45) is 2.63. The van der Waals surface area contributed by atoms with Gasteiger partial charge in [0.25, 0.3) is 5.95 Å². The highest BCUT2D eigenvalue weighted by Gasteiger charge is 2.19. The van der Waals surface area contributed by atoms with Crippen molar-refractivity contribution in [2.45, 2.75) is 26.3 Å². The summed E-state index contributed by atoms with van der Waals surface area (Å²) in [6, 6.07) is -1.01. The number of carboxylic acid groups (broad SMARTS) is 1. The van der Waals surface area contributed by atoms with Crippen molar-refractivity contribution in [1.29, 1.82) is 0 Å². The van der Waals surface area contributed by atoms with E-state index in [0.29, 0.717) is 0 Å². The fraction of sp³-hybridized carbons (Fsp3) is 0.500. The number of carbonyl (C=O) groups is 2. The molecule has 1 aromatic rings. The molecule has 3 N–H and O–H groups in total. The zero-order valence-electron chi connectivity index (χ0n) is 10.1. The molecular formula is C10H15N5O3. The number of anilines is 1. The van der Waals surface area contributed by atoms with Crippen LogP contribution in [0, 0.1) is 5.92 Å². The molecule has 1 unspecified atom stereocenters. The van der Waals surface area contributed by atoms with Crippen LogP contribution in [-0.4, -0.2) is 38.3 Å². The molecule has 0 saturated carbocycles. The van der Waals surface area contributed by atoms with Crippen molar-refractivity contribution in [1.82, 2.24) is 20.5 Å². The highest BCUT2D eigenvalue weighted by Crippen LogP contribution is 2.06. The lowest BCUT2D eigenvalue weighted by atomic mass is 10.0. The Kier molecular flexibility index (Phi) is 4.97. The Morgan fingerprint density at radius 1 is 1.39 bits per heavy atom. The molecule has 2 amide bonds. The lowest BCUT2D eigenvalue weighted by Gasteiger charge is -2.20. The van der Waals surface area contributed by atoms with Gasteiger partial charge in [0.05, 0.1) is 18.8 Å². The van der Waals surface area contributed by atoms with E-state index in [9.17, 15) is 9.59 Å². The molecule has 8 heteroatoms. The zero-order valence-corrected chi connectivity index (χ0v) is 10.1. The van der Waals surface area contributed by atoms with Crippen LogP contribution in [0.5, 0.6) is 0 Å². The summed E-state index contributed by atoms with van der Waals surface area (Å²) in [5.41, 5.74) is 0. The molecule has 0 spiro atoms. The third-order valence-electron chi connectivity index (χ3n) is 2.22. The first-order valence-electron chi connectivity index (χ1n) is 5.42. The van der Waals surface area contributed by atoms with Gasteiger partial charge < -0.3 is 10.4 Å². The van der Waals surface area contributed by atoms with Gasteiger partial charge in [0.15, 0.2) is 0 Å². The van der Waals surface area contributed by atoms with E-state index in [1.165, 1.54) is 12.4 Å². The molecule has 0 aliphatic heterocycles. The Morgan fingerprint density at radius 3 is 2.61 bits per heavy atom. The topological polar surface area (TPSA) is 117 Å². The van der Waals surface area contributed by atoms with Gasteiger partial charge in [-0.15, -0.1) is 5.10 Å². The summed E-state index contributed by atoms with van der Waals surface area (Å²) in [4.78, 5) is 26.0. The third-order valence-corrected chi connectivity index (χ3v) is 2.22. The number of rotatable bonds is 5. The predicted molar refractivity (Wildman–Crippen MR) is 62.9 cm³/mol. The van der Waals surface area contributed by atoms with E-state index in [-0.39, 0.29) is 18.3 Å². The molecule has 0 radical (unpaired) electrons. The molecule has 0 aliphatic rings. The normalized spacial score (nSPS) is 11.9. The summed E-state index contributed by atoms with van der Waals surface area (Å²) in [5, 5.41) is 20.8. The molecule has 0 bridgehead atoms. The second kappa shape index (κ2) is 6.48. The molecule has 0 fully saturated rings. The molecule has 1 aromatic heterocycles. The molecule has 18 heavy (non-hydrogen) atoms. The van der Waals surface area contributed by atoms with E-state index in [1.807, 2.05) is 13.8 Å². The molecule has 1 rings (SSSR count). The van der Waals surface area contributed by atoms with E-state index < -0.39 is 18.0 Å². The first-order valence-corrected chi connectivity index (χ1v) is 5.42. The lowest BCUT2D eigenvalue weighted by Crippen LogP contribution is -2.42. The van der Waals surface area contributed by atoms with E-state index in [2.05, 4.69) is 25.8 Å². The van der Waals surface area contributed by atoms with Crippen molar-refractivity contribution in [3.63, 3.8) is 0 Å². The van der Waals surface area contributed by atoms with Crippen LogP contribution >= 0.6 is 0 Å². The maximum absolute atomic E-state index is 11.6. The molecule has 0 aliphatic carbocycles. The predicted octanol–water partition coefficient (Wildman–Crippen LogP) is 0.492. The maximum Gasteiger partial charge on any atom is 0.321 e. The SMILES string of the molecule is CC(C)C(CC(=O)O)NC(=O)Nc1nccnn1. The quantitative estimate of drug-likeness (QED) is 0.703. The number of hydrogen-bond donors (Lipinski definition) is 3. The van der Waals surface area contributed by atoms with Crippen LogP contribution in [0.3, 0.4) is 0 Å². The average Bonchev–Trinajstić information content (AvgIpc) is 2.28. The van der Waals surface area contributed by atoms with Crippen LogP contribution in [0.2, 0.25) is 0 Å². The van der Waals surface area contributed by atoms with Crippen molar-refractivity contribution < 1.29 is 14.7 Å². The van der Waals surface area contributed by atoms with E-state index in [4.69, 9.17) is 5.11 Å². The Balaban J connectivity index is 2.54. The van der Waals surface area contributed by atoms with Crippen LogP contribution in [-0.2, 0) is 4.79 Å². The number of hydrogen-bond acceptors (Lipinski definition) is 5. The van der Waals surface area contributed by atoms with Crippen LogP contribution in [0.25, 0.3) is 0 Å². The second-order valence-electron chi connectivity index (χ2n) is 4.01. The molecular weight excluding hydrogens is 238 g/mol. The van der Waals surface area contributed by atoms with Gasteiger partial charge in [0.2, 0.25) is 0 Å². The standard InChI is InChI=1S/C10H15N5O3/c1-6(2)7(5-8(16)17)13-10(18)14-9-11-3-4-12-15-9/h3-4,6-7H,5H2,1-2H3,(H,16,17)(H2,11,13,14,15,18). The second-order valence-corrected chi connectivity index (χ2v) is 4.01. The van der Waals surface area contributed by atoms with Crippen LogP contribution in [0.4, 0.5) is 10.7 Å². The van der Waals surface area contributed by atoms with Gasteiger partial charge in [-0.25, -0.2) is 9.78 Å². The summed E-state index contributed by atoms with van der Waals surface area (Å²) >= 11 is 0. The molecule has 0 aromatic carbocycles. The maximum atomic E-state index is 11.6. The first kappa shape index (κ1) is 13.8. The molecule has 0 saturated heterocycles. The minimum absolute atomic E-state index is 0.00154. The van der Waals surface area contributed by atoms with Crippen molar-refractivity contribution in [3.8, 4) is 0 Å². The minimum Gasteiger partial charge on any atom is -0.481 e. The van der Waals surface area contributed by atoms with Gasteiger partial charge in [-0.2, -0.15) is 5.10 Å². The van der Waals surface area contributed by atoms with Crippen LogP contribution in [0.15, 0.2) is 12.4 Å². The smallest absolute Gasteiger partial charge is 0.321 e. The Labute approximate surface area is 104 Å². The fourth-order valence-electron chi connectivity index (χ4n) is 1.25. The van der Waals surface area contributed by atoms with Gasteiger partial charge in [0.1, 0.15) is 0 Å². The number of nitrogens with zero attached hydrogens (tertiary/aromatic N) is 3. The van der Waals surface area contributed by atoms with Gasteiger partial charge in [-0.3, -0.25) is 10.1 Å². The first-order chi connectivity index (χ1) is 8.49. The van der Waals surface area contributed by atoms with Gasteiger partial charge in [-0.1, -0.05) is 13.8 Å². The lowest BCUT2D eigenvalue weighted by molar-refractivity contribution is -0.137. The van der Waals surface area contributed by atoms with Gasteiger partial charge in [0, 0.05) is 6.04 Å². The minimum atomic E-state index is -0.966. The molecule has 1 atom stereocenters. The number of carbonyl (C=O) groups excluding carboxylic acids is 1. The number of carboxylic acids is 1.